The number of thiophene rings is 1. The maximum absolute atomic E-state index is 9.48. The summed E-state index contributed by atoms with van der Waals surface area (Å²) >= 11 is 1.92. The van der Waals surface area contributed by atoms with E-state index in [4.69, 9.17) is 0 Å². The molecule has 23 heavy (non-hydrogen) atoms. The van der Waals surface area contributed by atoms with Gasteiger partial charge in [0, 0.05) is 55.1 Å². The van der Waals surface area contributed by atoms with Crippen molar-refractivity contribution in [2.45, 2.75) is 58.0 Å². The molecule has 0 amide bonds. The van der Waals surface area contributed by atoms with Crippen LogP contribution in [0.25, 0.3) is 0 Å². The van der Waals surface area contributed by atoms with Gasteiger partial charge in [-0.25, -0.2) is 0 Å². The lowest BCUT2D eigenvalue weighted by atomic mass is 9.88. The molecule has 1 aromatic rings. The fourth-order valence-corrected chi connectivity index (χ4v) is 5.19. The first-order valence-corrected chi connectivity index (χ1v) is 10.2. The van der Waals surface area contributed by atoms with Gasteiger partial charge in [-0.2, -0.15) is 0 Å². The molecule has 1 N–H and O–H groups in total. The van der Waals surface area contributed by atoms with E-state index in [-0.39, 0.29) is 0 Å². The van der Waals surface area contributed by atoms with Gasteiger partial charge in [0.15, 0.2) is 0 Å². The molecule has 1 saturated heterocycles. The highest BCUT2D eigenvalue weighted by molar-refractivity contribution is 7.11. The van der Waals surface area contributed by atoms with Crippen LogP contribution in [0.2, 0.25) is 0 Å². The molecule has 2 fully saturated rings. The molecule has 4 heteroatoms. The van der Waals surface area contributed by atoms with E-state index in [1.165, 1.54) is 61.5 Å². The molecular formula is C19H32N2OS. The van der Waals surface area contributed by atoms with Crippen LogP contribution >= 0.6 is 11.3 Å². The van der Waals surface area contributed by atoms with Gasteiger partial charge in [-0.05, 0) is 44.2 Å². The molecule has 2 aliphatic rings. The summed E-state index contributed by atoms with van der Waals surface area (Å²) in [6.07, 6.45) is 8.04. The standard InChI is InChI=1S/C19H32N2OS/c1-16-7-8-19(23-16)15-20-10-11-21(18(14-20)9-12-22)13-17-5-3-2-4-6-17/h7-8,17-18,22H,2-6,9-15H2,1H3. The maximum Gasteiger partial charge on any atom is 0.0446 e. The quantitative estimate of drug-likeness (QED) is 0.861. The van der Waals surface area contributed by atoms with Gasteiger partial charge in [0.2, 0.25) is 0 Å². The van der Waals surface area contributed by atoms with E-state index in [2.05, 4.69) is 28.9 Å². The minimum Gasteiger partial charge on any atom is -0.396 e. The van der Waals surface area contributed by atoms with E-state index < -0.39 is 0 Å². The van der Waals surface area contributed by atoms with Crippen LogP contribution in [-0.2, 0) is 6.54 Å². The van der Waals surface area contributed by atoms with Crippen LogP contribution in [0.3, 0.4) is 0 Å². The highest BCUT2D eigenvalue weighted by atomic mass is 32.1. The predicted octanol–water partition coefficient (Wildman–Crippen LogP) is 3.51. The molecule has 3 rings (SSSR count). The first-order valence-electron chi connectivity index (χ1n) is 9.37. The average Bonchev–Trinajstić information content (AvgIpc) is 2.96. The Kier molecular flexibility index (Phi) is 6.52. The van der Waals surface area contributed by atoms with E-state index in [0.29, 0.717) is 12.6 Å². The second kappa shape index (κ2) is 8.61. The molecule has 3 nitrogen and oxygen atoms in total. The molecule has 130 valence electrons. The number of nitrogens with zero attached hydrogens (tertiary/aromatic N) is 2. The molecule has 1 aliphatic heterocycles. The minimum atomic E-state index is 0.317. The maximum atomic E-state index is 9.48. The van der Waals surface area contributed by atoms with Crippen LogP contribution < -0.4 is 0 Å². The van der Waals surface area contributed by atoms with Gasteiger partial charge >= 0.3 is 0 Å². The van der Waals surface area contributed by atoms with Crippen LogP contribution in [0.5, 0.6) is 0 Å². The summed E-state index contributed by atoms with van der Waals surface area (Å²) < 4.78 is 0. The second-order valence-corrected chi connectivity index (χ2v) is 8.79. The fraction of sp³-hybridized carbons (Fsp3) is 0.789. The Hall–Kier alpha value is -0.420. The van der Waals surface area contributed by atoms with Gasteiger partial charge in [-0.15, -0.1) is 11.3 Å². The van der Waals surface area contributed by atoms with Crippen LogP contribution in [0.15, 0.2) is 12.1 Å². The van der Waals surface area contributed by atoms with E-state index in [9.17, 15) is 5.11 Å². The molecule has 1 unspecified atom stereocenters. The largest absolute Gasteiger partial charge is 0.396 e. The van der Waals surface area contributed by atoms with E-state index in [1.807, 2.05) is 11.3 Å². The summed E-state index contributed by atoms with van der Waals surface area (Å²) in [5, 5.41) is 9.48. The van der Waals surface area contributed by atoms with Gasteiger partial charge in [0.1, 0.15) is 0 Å². The first-order chi connectivity index (χ1) is 11.2. The van der Waals surface area contributed by atoms with E-state index >= 15 is 0 Å². The predicted molar refractivity (Wildman–Crippen MR) is 98.0 cm³/mol. The zero-order valence-corrected chi connectivity index (χ0v) is 15.4. The summed E-state index contributed by atoms with van der Waals surface area (Å²) in [5.74, 6) is 0.899. The third-order valence-electron chi connectivity index (χ3n) is 5.54. The second-order valence-electron chi connectivity index (χ2n) is 7.41. The Bertz CT molecular complexity index is 470. The molecule has 0 aromatic carbocycles. The zero-order chi connectivity index (χ0) is 16.1. The molecule has 0 bridgehead atoms. The third-order valence-corrected chi connectivity index (χ3v) is 6.53. The lowest BCUT2D eigenvalue weighted by Crippen LogP contribution is -2.54. The summed E-state index contributed by atoms with van der Waals surface area (Å²) in [6, 6.07) is 5.04. The molecule has 1 aromatic heterocycles. The van der Waals surface area contributed by atoms with Gasteiger partial charge in [0.25, 0.3) is 0 Å². The molecule has 1 saturated carbocycles. The van der Waals surface area contributed by atoms with Crippen molar-refractivity contribution in [1.29, 1.82) is 0 Å². The van der Waals surface area contributed by atoms with E-state index in [0.717, 1.165) is 25.4 Å². The average molecular weight is 337 g/mol. The third kappa shape index (κ3) is 5.02. The van der Waals surface area contributed by atoms with E-state index in [1.54, 1.807) is 0 Å². The molecule has 2 heterocycles. The molecule has 0 spiro atoms. The number of aliphatic hydroxyl groups excluding tert-OH is 1. The number of hydrogen-bond acceptors (Lipinski definition) is 4. The van der Waals surface area contributed by atoms with Crippen molar-refractivity contribution >= 4 is 11.3 Å². The topological polar surface area (TPSA) is 26.7 Å². The Labute approximate surface area is 145 Å². The number of aliphatic hydroxyl groups is 1. The Balaban J connectivity index is 1.54. The van der Waals surface area contributed by atoms with Crippen LogP contribution in [0.4, 0.5) is 0 Å². The minimum absolute atomic E-state index is 0.317. The fourth-order valence-electron chi connectivity index (χ4n) is 4.26. The van der Waals surface area contributed by atoms with Gasteiger partial charge < -0.3 is 5.11 Å². The number of aryl methyl sites for hydroxylation is 1. The van der Waals surface area contributed by atoms with Crippen LogP contribution in [0.1, 0.15) is 48.3 Å². The van der Waals surface area contributed by atoms with Gasteiger partial charge in [-0.3, -0.25) is 9.80 Å². The van der Waals surface area contributed by atoms with Gasteiger partial charge in [-0.1, -0.05) is 19.3 Å². The van der Waals surface area contributed by atoms with Crippen molar-refractivity contribution in [3.8, 4) is 0 Å². The lowest BCUT2D eigenvalue weighted by Gasteiger charge is -2.43. The van der Waals surface area contributed by atoms with Crippen molar-refractivity contribution in [2.24, 2.45) is 5.92 Å². The lowest BCUT2D eigenvalue weighted by molar-refractivity contribution is 0.0404. The normalized spacial score (nSPS) is 25.0. The molecule has 1 aliphatic carbocycles. The van der Waals surface area contributed by atoms with Gasteiger partial charge in [0.05, 0.1) is 0 Å². The SMILES string of the molecule is Cc1ccc(CN2CCN(CC3CCCCC3)C(CCO)C2)s1. The number of hydrogen-bond donors (Lipinski definition) is 1. The summed E-state index contributed by atoms with van der Waals surface area (Å²) in [6.45, 7) is 8.30. The summed E-state index contributed by atoms with van der Waals surface area (Å²) in [4.78, 5) is 8.15. The molecular weight excluding hydrogens is 304 g/mol. The Morgan fingerprint density at radius 1 is 1.17 bits per heavy atom. The van der Waals surface area contributed by atoms with Crippen molar-refractivity contribution < 1.29 is 5.11 Å². The molecule has 0 radical (unpaired) electrons. The highest BCUT2D eigenvalue weighted by Gasteiger charge is 2.28. The van der Waals surface area contributed by atoms with Crippen molar-refractivity contribution in [3.05, 3.63) is 21.9 Å². The smallest absolute Gasteiger partial charge is 0.0446 e. The van der Waals surface area contributed by atoms with Crippen molar-refractivity contribution in [1.82, 2.24) is 9.80 Å². The number of piperazine rings is 1. The highest BCUT2D eigenvalue weighted by Crippen LogP contribution is 2.27. The zero-order valence-electron chi connectivity index (χ0n) is 14.5. The van der Waals surface area contributed by atoms with Crippen molar-refractivity contribution in [3.63, 3.8) is 0 Å². The number of rotatable bonds is 6. The van der Waals surface area contributed by atoms with Crippen LogP contribution in [-0.4, -0.2) is 53.7 Å². The first kappa shape index (κ1) is 17.4. The monoisotopic (exact) mass is 336 g/mol. The van der Waals surface area contributed by atoms with Crippen LogP contribution in [0, 0.1) is 12.8 Å². The summed E-state index contributed by atoms with van der Waals surface area (Å²) in [7, 11) is 0. The molecule has 1 atom stereocenters. The Morgan fingerprint density at radius 2 is 2.00 bits per heavy atom. The summed E-state index contributed by atoms with van der Waals surface area (Å²) in [5.41, 5.74) is 0. The Morgan fingerprint density at radius 3 is 2.70 bits per heavy atom. The van der Waals surface area contributed by atoms with Crippen molar-refractivity contribution in [2.75, 3.05) is 32.8 Å².